The van der Waals surface area contributed by atoms with E-state index in [1.54, 1.807) is 17.5 Å². The van der Waals surface area contributed by atoms with E-state index in [1.807, 2.05) is 19.4 Å². The molecule has 0 aliphatic carbocycles. The van der Waals surface area contributed by atoms with E-state index in [4.69, 9.17) is 10.8 Å². The van der Waals surface area contributed by atoms with Gasteiger partial charge in [-0.25, -0.2) is 18.4 Å². The lowest BCUT2D eigenvalue weighted by molar-refractivity contribution is -0.689. The zero-order chi connectivity index (χ0) is 28.9. The van der Waals surface area contributed by atoms with E-state index < -0.39 is 10.4 Å². The molecule has 224 valence electrons. The second-order valence-electron chi connectivity index (χ2n) is 9.99. The zero-order valence-corrected chi connectivity index (χ0v) is 25.8. The number of rotatable bonds is 20. The third-order valence-corrected chi connectivity index (χ3v) is 8.18. The van der Waals surface area contributed by atoms with Gasteiger partial charge in [0.1, 0.15) is 11.6 Å². The molecule has 0 aliphatic rings. The Balaban J connectivity index is 0.000000393. The van der Waals surface area contributed by atoms with Crippen LogP contribution in [0.3, 0.4) is 0 Å². The molecule has 3 N–H and O–H groups in total. The maximum absolute atomic E-state index is 10.2. The molecule has 11 heteroatoms. The van der Waals surface area contributed by atoms with E-state index in [-0.39, 0.29) is 13.2 Å². The van der Waals surface area contributed by atoms with Gasteiger partial charge in [0.2, 0.25) is 15.9 Å². The number of nitrogens with two attached hydrogens (primary N) is 1. The molecule has 9 nitrogen and oxygen atoms in total. The SMILES string of the molecule is CCCCCCCCCCCCCCCCOS(=O)(=O)[O-].Cc1ncc(C[n+]2csc(CCO)c2C)c(N)n1. The Labute approximate surface area is 240 Å². The Hall–Kier alpha value is -1.66. The van der Waals surface area contributed by atoms with Crippen molar-refractivity contribution in [3.8, 4) is 0 Å². The molecule has 0 radical (unpaired) electrons. The van der Waals surface area contributed by atoms with Gasteiger partial charge in [0.05, 0.1) is 17.0 Å². The molecule has 2 rings (SSSR count). The van der Waals surface area contributed by atoms with Gasteiger partial charge in [0.25, 0.3) is 0 Å². The van der Waals surface area contributed by atoms with Crippen LogP contribution in [0, 0.1) is 13.8 Å². The summed E-state index contributed by atoms with van der Waals surface area (Å²) in [5.74, 6) is 1.22. The largest absolute Gasteiger partial charge is 0.726 e. The van der Waals surface area contributed by atoms with Crippen molar-refractivity contribution in [3.05, 3.63) is 33.7 Å². The molecular formula is C28H50N4O5S2. The number of hydrogen-bond acceptors (Lipinski definition) is 9. The topological polar surface area (TPSA) is 142 Å². The number of aryl methyl sites for hydroxylation is 1. The summed E-state index contributed by atoms with van der Waals surface area (Å²) in [7, 11) is -4.49. The second-order valence-corrected chi connectivity index (χ2v) is 12.0. The van der Waals surface area contributed by atoms with Gasteiger partial charge in [-0.2, -0.15) is 4.57 Å². The fraction of sp³-hybridized carbons (Fsp3) is 0.750. The summed E-state index contributed by atoms with van der Waals surface area (Å²) in [5.41, 5.74) is 10.0. The molecule has 0 atom stereocenters. The summed E-state index contributed by atoms with van der Waals surface area (Å²) < 4.78 is 36.8. The molecule has 2 aromatic heterocycles. The van der Waals surface area contributed by atoms with Crippen molar-refractivity contribution in [1.82, 2.24) is 9.97 Å². The number of thiazole rings is 1. The second kappa shape index (κ2) is 21.1. The van der Waals surface area contributed by atoms with Gasteiger partial charge >= 0.3 is 0 Å². The molecular weight excluding hydrogens is 536 g/mol. The van der Waals surface area contributed by atoms with E-state index in [2.05, 4.69) is 25.6 Å². The molecule has 0 aliphatic heterocycles. The summed E-state index contributed by atoms with van der Waals surface area (Å²) in [4.78, 5) is 9.53. The van der Waals surface area contributed by atoms with Gasteiger partial charge in [-0.05, 0) is 13.3 Å². The molecule has 0 spiro atoms. The van der Waals surface area contributed by atoms with Crippen molar-refractivity contribution in [2.24, 2.45) is 0 Å². The third kappa shape index (κ3) is 17.6. The van der Waals surface area contributed by atoms with Crippen molar-refractivity contribution in [2.45, 2.75) is 124 Å². The molecule has 0 saturated carbocycles. The molecule has 2 heterocycles. The van der Waals surface area contributed by atoms with Crippen molar-refractivity contribution < 1.29 is 26.8 Å². The van der Waals surface area contributed by atoms with E-state index in [0.29, 0.717) is 31.0 Å². The van der Waals surface area contributed by atoms with Gasteiger partial charge in [0, 0.05) is 26.1 Å². The van der Waals surface area contributed by atoms with E-state index >= 15 is 0 Å². The van der Waals surface area contributed by atoms with Gasteiger partial charge < -0.3 is 15.4 Å². The normalized spacial score (nSPS) is 11.4. The Morgan fingerprint density at radius 3 is 2.00 bits per heavy atom. The van der Waals surface area contributed by atoms with Gasteiger partial charge in [-0.1, -0.05) is 102 Å². The molecule has 0 aromatic carbocycles. The van der Waals surface area contributed by atoms with E-state index in [1.165, 1.54) is 75.5 Å². The average Bonchev–Trinajstić information content (AvgIpc) is 3.22. The lowest BCUT2D eigenvalue weighted by Crippen LogP contribution is -2.35. The van der Waals surface area contributed by atoms with Crippen molar-refractivity contribution in [1.29, 1.82) is 0 Å². The Kier molecular flexibility index (Phi) is 19.2. The van der Waals surface area contributed by atoms with Crippen LogP contribution in [0.5, 0.6) is 0 Å². The number of aliphatic hydroxyl groups excluding tert-OH is 1. The smallest absolute Gasteiger partial charge is 0.225 e. The van der Waals surface area contributed by atoms with Crippen molar-refractivity contribution in [2.75, 3.05) is 18.9 Å². The van der Waals surface area contributed by atoms with E-state index in [0.717, 1.165) is 24.1 Å². The minimum absolute atomic E-state index is 0.0316. The monoisotopic (exact) mass is 586 g/mol. The fourth-order valence-corrected chi connectivity index (χ4v) is 5.53. The van der Waals surface area contributed by atoms with Crippen LogP contribution in [-0.2, 0) is 27.5 Å². The summed E-state index contributed by atoms with van der Waals surface area (Å²) in [6.07, 6.45) is 19.9. The van der Waals surface area contributed by atoms with Gasteiger partial charge in [0.15, 0.2) is 12.2 Å². The van der Waals surface area contributed by atoms with Crippen LogP contribution in [0.4, 0.5) is 5.82 Å². The Bertz CT molecular complexity index is 1020. The molecule has 0 fully saturated rings. The van der Waals surface area contributed by atoms with Gasteiger partial charge in [-0.3, -0.25) is 4.18 Å². The Morgan fingerprint density at radius 1 is 0.974 bits per heavy atom. The first-order valence-electron chi connectivity index (χ1n) is 14.4. The van der Waals surface area contributed by atoms with E-state index in [9.17, 15) is 13.0 Å². The number of anilines is 1. The summed E-state index contributed by atoms with van der Waals surface area (Å²) >= 11 is 1.65. The quantitative estimate of drug-likeness (QED) is 0.0889. The molecule has 0 bridgehead atoms. The highest BCUT2D eigenvalue weighted by Crippen LogP contribution is 2.14. The lowest BCUT2D eigenvalue weighted by atomic mass is 10.0. The summed E-state index contributed by atoms with van der Waals surface area (Å²) in [5, 5.41) is 8.98. The zero-order valence-electron chi connectivity index (χ0n) is 24.2. The van der Waals surface area contributed by atoms with Crippen LogP contribution in [0.2, 0.25) is 0 Å². The first-order valence-corrected chi connectivity index (χ1v) is 16.6. The van der Waals surface area contributed by atoms with Crippen LogP contribution < -0.4 is 10.3 Å². The number of hydrogen-bond donors (Lipinski definition) is 2. The minimum Gasteiger partial charge on any atom is -0.726 e. The highest BCUT2D eigenvalue weighted by molar-refractivity contribution is 7.80. The standard InChI is InChI=1S/C16H34O4S.C12H17N4OS/c1-2-3-4-5-6-7-8-9-10-11-12-13-14-15-16-20-21(17,18)19;1-8-11(3-4-17)18-7-16(8)6-10-5-14-9(2)15-12(10)13/h2-16H2,1H3,(H,17,18,19);5,7,17H,3-4,6H2,1-2H3,(H2,13,14,15)/q;+1/p-1. The number of aliphatic hydroxyl groups is 1. The molecule has 0 saturated heterocycles. The maximum Gasteiger partial charge on any atom is 0.225 e. The van der Waals surface area contributed by atoms with Crippen LogP contribution in [0.15, 0.2) is 11.7 Å². The molecule has 39 heavy (non-hydrogen) atoms. The van der Waals surface area contributed by atoms with Crippen LogP contribution in [0.25, 0.3) is 0 Å². The average molecular weight is 587 g/mol. The number of nitrogens with zero attached hydrogens (tertiary/aromatic N) is 3. The minimum atomic E-state index is -4.49. The number of nitrogen functional groups attached to an aromatic ring is 1. The molecule has 0 unspecified atom stereocenters. The van der Waals surface area contributed by atoms with Crippen LogP contribution in [0.1, 0.15) is 119 Å². The predicted octanol–water partition coefficient (Wildman–Crippen LogP) is 5.55. The number of unbranched alkanes of at least 4 members (excludes halogenated alkanes) is 13. The Morgan fingerprint density at radius 2 is 1.51 bits per heavy atom. The van der Waals surface area contributed by atoms with Crippen LogP contribution >= 0.6 is 11.3 Å². The summed E-state index contributed by atoms with van der Waals surface area (Å²) in [6, 6.07) is 0. The molecule has 0 amide bonds. The first-order chi connectivity index (χ1) is 18.7. The van der Waals surface area contributed by atoms with Crippen molar-refractivity contribution >= 4 is 27.6 Å². The number of aromatic nitrogens is 3. The highest BCUT2D eigenvalue weighted by atomic mass is 32.3. The highest BCUT2D eigenvalue weighted by Gasteiger charge is 2.17. The predicted molar refractivity (Wildman–Crippen MR) is 156 cm³/mol. The lowest BCUT2D eigenvalue weighted by Gasteiger charge is -2.07. The summed E-state index contributed by atoms with van der Waals surface area (Å²) in [6.45, 7) is 6.99. The first kappa shape index (κ1) is 35.4. The maximum atomic E-state index is 10.2. The third-order valence-electron chi connectivity index (χ3n) is 6.58. The molecule has 2 aromatic rings. The van der Waals surface area contributed by atoms with Crippen LogP contribution in [-0.4, -0.2) is 41.3 Å². The van der Waals surface area contributed by atoms with Gasteiger partial charge in [-0.15, -0.1) is 0 Å². The van der Waals surface area contributed by atoms with Crippen molar-refractivity contribution in [3.63, 3.8) is 0 Å². The fourth-order valence-electron chi connectivity index (χ4n) is 4.22.